The zero-order valence-electron chi connectivity index (χ0n) is 25.4. The lowest BCUT2D eigenvalue weighted by molar-refractivity contribution is -0.154. The van der Waals surface area contributed by atoms with Gasteiger partial charge >= 0.3 is 25.4 Å². The number of H-pyrrole nitrogens is 1. The van der Waals surface area contributed by atoms with Crippen molar-refractivity contribution in [2.75, 3.05) is 6.61 Å². The number of hydrogen-bond donors (Lipinski definition) is 3. The molecule has 1 aliphatic rings. The second kappa shape index (κ2) is 15.4. The van der Waals surface area contributed by atoms with E-state index >= 15 is 0 Å². The highest BCUT2D eigenvalue weighted by molar-refractivity contribution is 7.52. The van der Waals surface area contributed by atoms with Gasteiger partial charge in [-0.2, -0.15) is 9.48 Å². The van der Waals surface area contributed by atoms with E-state index in [9.17, 15) is 28.1 Å². The number of rotatable bonds is 14. The molecular formula is C30H36FN4O10P. The van der Waals surface area contributed by atoms with E-state index in [2.05, 4.69) is 5.09 Å². The smallest absolute Gasteiger partial charge is 0.459 e. The normalized spacial score (nSPS) is 20.4. The van der Waals surface area contributed by atoms with Crippen LogP contribution in [-0.2, 0) is 39.3 Å². The number of carbonyl (C=O) groups is 2. The van der Waals surface area contributed by atoms with Gasteiger partial charge in [0.25, 0.3) is 5.56 Å². The first-order valence-electron chi connectivity index (χ1n) is 14.5. The van der Waals surface area contributed by atoms with E-state index in [1.54, 1.807) is 56.3 Å². The van der Waals surface area contributed by atoms with Crippen molar-refractivity contribution in [3.8, 4) is 5.75 Å². The quantitative estimate of drug-likeness (QED) is 0.169. The zero-order chi connectivity index (χ0) is 33.4. The number of hydrogen-bond acceptors (Lipinski definition) is 11. The Morgan fingerprint density at radius 2 is 1.74 bits per heavy atom. The van der Waals surface area contributed by atoms with E-state index in [0.717, 1.165) is 10.1 Å². The van der Waals surface area contributed by atoms with Gasteiger partial charge in [-0.15, -0.1) is 0 Å². The van der Waals surface area contributed by atoms with E-state index in [0.29, 0.717) is 6.20 Å². The van der Waals surface area contributed by atoms with Gasteiger partial charge in [0, 0.05) is 6.42 Å². The predicted molar refractivity (Wildman–Crippen MR) is 162 cm³/mol. The van der Waals surface area contributed by atoms with E-state index in [4.69, 9.17) is 29.0 Å². The number of esters is 2. The Kier molecular flexibility index (Phi) is 11.7. The molecule has 0 radical (unpaired) electrons. The fraction of sp³-hybridized carbons (Fsp3) is 0.400. The molecule has 2 aromatic carbocycles. The van der Waals surface area contributed by atoms with Gasteiger partial charge in [-0.25, -0.2) is 9.36 Å². The third kappa shape index (κ3) is 9.44. The van der Waals surface area contributed by atoms with Crippen LogP contribution in [0.25, 0.3) is 0 Å². The van der Waals surface area contributed by atoms with Gasteiger partial charge in [0.15, 0.2) is 0 Å². The molecule has 0 bridgehead atoms. The van der Waals surface area contributed by atoms with Gasteiger partial charge in [0.05, 0.1) is 18.9 Å². The lowest BCUT2D eigenvalue weighted by Crippen LogP contribution is -2.40. The first-order chi connectivity index (χ1) is 21.8. The monoisotopic (exact) mass is 662 g/mol. The van der Waals surface area contributed by atoms with Crippen molar-refractivity contribution < 1.29 is 41.8 Å². The average Bonchev–Trinajstić information content (AvgIpc) is 3.40. The lowest BCUT2D eigenvalue weighted by Gasteiger charge is -2.26. The molecule has 46 heavy (non-hydrogen) atoms. The Morgan fingerprint density at radius 1 is 1.09 bits per heavy atom. The van der Waals surface area contributed by atoms with Crippen LogP contribution in [0.5, 0.6) is 5.75 Å². The molecule has 6 atom stereocenters. The summed E-state index contributed by atoms with van der Waals surface area (Å²) in [5.41, 5.74) is 4.72. The molecule has 4 rings (SSSR count). The van der Waals surface area contributed by atoms with Gasteiger partial charge in [-0.05, 0) is 44.9 Å². The number of carbonyl (C=O) groups excluding carboxylic acids is 2. The Hall–Kier alpha value is -4.14. The van der Waals surface area contributed by atoms with Crippen molar-refractivity contribution >= 4 is 19.7 Å². The average molecular weight is 663 g/mol. The molecule has 1 aromatic heterocycles. The number of nitrogens with one attached hydrogen (secondary N) is 2. The van der Waals surface area contributed by atoms with Gasteiger partial charge in [-0.3, -0.25) is 28.5 Å². The molecule has 1 saturated heterocycles. The largest absolute Gasteiger partial charge is 0.462 e. The molecule has 0 unspecified atom stereocenters. The van der Waals surface area contributed by atoms with Crippen molar-refractivity contribution in [2.45, 2.75) is 70.2 Å². The second-order valence-electron chi connectivity index (χ2n) is 10.8. The molecule has 0 spiro atoms. The summed E-state index contributed by atoms with van der Waals surface area (Å²) in [4.78, 5) is 51.5. The Morgan fingerprint density at radius 3 is 2.39 bits per heavy atom. The van der Waals surface area contributed by atoms with Crippen molar-refractivity contribution in [2.24, 2.45) is 5.73 Å². The number of para-hydroxylation sites is 1. The predicted octanol–water partition coefficient (Wildman–Crippen LogP) is 2.58. The Balaban J connectivity index is 1.56. The van der Waals surface area contributed by atoms with Crippen LogP contribution in [0.2, 0.25) is 0 Å². The molecule has 0 aliphatic carbocycles. The molecule has 0 amide bonds. The second-order valence-corrected chi connectivity index (χ2v) is 12.5. The van der Waals surface area contributed by atoms with Gasteiger partial charge in [0.1, 0.15) is 36.3 Å². The molecule has 0 saturated carbocycles. The number of benzene rings is 2. The summed E-state index contributed by atoms with van der Waals surface area (Å²) in [7, 11) is -4.36. The van der Waals surface area contributed by atoms with Crippen molar-refractivity contribution in [3.63, 3.8) is 0 Å². The SMILES string of the molecule is CC(C)OC(=O)[C@H](C)N[P@](=O)(OC[C@H]1O[C@@H](n2cc(F)c(=O)[nH]c2=O)C[C@@H]1OC(=O)[C@@H](N)Cc1ccccc1)Oc1ccccc1. The van der Waals surface area contributed by atoms with Crippen LogP contribution in [0.1, 0.15) is 39.0 Å². The highest BCUT2D eigenvalue weighted by Gasteiger charge is 2.43. The van der Waals surface area contributed by atoms with Gasteiger partial charge < -0.3 is 24.5 Å². The molecule has 4 N–H and O–H groups in total. The molecular weight excluding hydrogens is 626 g/mol. The number of nitrogens with two attached hydrogens (primary N) is 1. The van der Waals surface area contributed by atoms with E-state index in [-0.39, 0.29) is 18.6 Å². The molecule has 16 heteroatoms. The maximum Gasteiger partial charge on any atom is 0.459 e. The number of nitrogens with zero attached hydrogens (tertiary/aromatic N) is 1. The summed E-state index contributed by atoms with van der Waals surface area (Å²) >= 11 is 0. The molecule has 2 heterocycles. The van der Waals surface area contributed by atoms with E-state index in [1.807, 2.05) is 11.1 Å². The standard InChI is InChI=1S/C30H36FN4O10P/c1-18(2)42-28(37)19(3)34-46(40,45-21-12-8-5-9-13-21)41-17-25-24(44-29(38)23(32)14-20-10-6-4-7-11-20)15-26(43-25)35-16-22(31)27(36)33-30(35)39/h4-13,16,18-19,23-26H,14-15,17,32H2,1-3H3,(H,34,40)(H,33,36,39)/t19-,23-,24-,25+,26+,46-/m0/s1. The van der Waals surface area contributed by atoms with Crippen LogP contribution in [0, 0.1) is 5.82 Å². The highest BCUT2D eigenvalue weighted by Crippen LogP contribution is 2.46. The minimum atomic E-state index is -4.36. The minimum Gasteiger partial charge on any atom is -0.462 e. The number of ether oxygens (including phenoxy) is 3. The van der Waals surface area contributed by atoms with E-state index < -0.39 is 80.0 Å². The van der Waals surface area contributed by atoms with Crippen LogP contribution in [0.4, 0.5) is 4.39 Å². The van der Waals surface area contributed by atoms with Crippen molar-refractivity contribution in [3.05, 3.63) is 99.1 Å². The van der Waals surface area contributed by atoms with Gasteiger partial charge in [0.2, 0.25) is 5.82 Å². The Bertz CT molecular complexity index is 1650. The molecule has 1 fully saturated rings. The lowest BCUT2D eigenvalue weighted by atomic mass is 10.1. The summed E-state index contributed by atoms with van der Waals surface area (Å²) in [5, 5.41) is 2.55. The summed E-state index contributed by atoms with van der Waals surface area (Å²) in [5.74, 6) is -2.60. The van der Waals surface area contributed by atoms with Crippen LogP contribution >= 0.6 is 7.75 Å². The number of halogens is 1. The first kappa shape index (κ1) is 34.7. The zero-order valence-corrected chi connectivity index (χ0v) is 26.3. The van der Waals surface area contributed by atoms with Gasteiger partial charge in [-0.1, -0.05) is 48.5 Å². The fourth-order valence-electron chi connectivity index (χ4n) is 4.51. The third-order valence-electron chi connectivity index (χ3n) is 6.72. The van der Waals surface area contributed by atoms with Crippen LogP contribution < -0.4 is 26.6 Å². The first-order valence-corrected chi connectivity index (χ1v) is 16.0. The van der Waals surface area contributed by atoms with E-state index in [1.165, 1.54) is 19.1 Å². The van der Waals surface area contributed by atoms with Crippen molar-refractivity contribution in [1.82, 2.24) is 14.6 Å². The summed E-state index contributed by atoms with van der Waals surface area (Å²) < 4.78 is 57.0. The Labute approximate surface area is 263 Å². The molecule has 1 aliphatic heterocycles. The third-order valence-corrected chi connectivity index (χ3v) is 8.36. The topological polar surface area (TPSA) is 190 Å². The summed E-state index contributed by atoms with van der Waals surface area (Å²) in [6, 6.07) is 14.8. The van der Waals surface area contributed by atoms with Crippen LogP contribution in [-0.4, -0.2) is 58.5 Å². The molecule has 14 nitrogen and oxygen atoms in total. The minimum absolute atomic E-state index is 0.151. The van der Waals surface area contributed by atoms with Crippen LogP contribution in [0.15, 0.2) is 76.4 Å². The number of aromatic amines is 1. The maximum absolute atomic E-state index is 14.1. The van der Waals surface area contributed by atoms with Crippen molar-refractivity contribution in [1.29, 1.82) is 0 Å². The summed E-state index contributed by atoms with van der Waals surface area (Å²) in [6.45, 7) is 4.17. The fourth-order valence-corrected chi connectivity index (χ4v) is 6.02. The number of aromatic nitrogens is 2. The summed E-state index contributed by atoms with van der Waals surface area (Å²) in [6.07, 6.45) is -3.34. The maximum atomic E-state index is 14.1. The highest BCUT2D eigenvalue weighted by atomic mass is 31.2. The molecule has 3 aromatic rings. The van der Waals surface area contributed by atoms with Crippen LogP contribution in [0.3, 0.4) is 0 Å². The molecule has 248 valence electrons.